The number of rotatable bonds is 7. The average Bonchev–Trinajstić information content (AvgIpc) is 2.68. The molecule has 1 aromatic rings. The van der Waals surface area contributed by atoms with Crippen molar-refractivity contribution in [2.24, 2.45) is 4.99 Å². The fraction of sp³-hybridized carbons (Fsp3) is 0.300. The molecule has 0 unspecified atom stereocenters. The lowest BCUT2D eigenvalue weighted by molar-refractivity contribution is 0.574. The number of aromatic nitrogens is 1. The van der Waals surface area contributed by atoms with Crippen molar-refractivity contribution in [3.05, 3.63) is 76.5 Å². The fourth-order valence-electron chi connectivity index (χ4n) is 3.01. The van der Waals surface area contributed by atoms with E-state index in [0.29, 0.717) is 16.6 Å². The van der Waals surface area contributed by atoms with Crippen molar-refractivity contribution >= 4 is 29.0 Å². The maximum Gasteiger partial charge on any atom is 0.118 e. The number of halogens is 2. The van der Waals surface area contributed by atoms with E-state index in [1.54, 1.807) is 24.8 Å². The van der Waals surface area contributed by atoms with Crippen molar-refractivity contribution in [2.75, 3.05) is 0 Å². The van der Waals surface area contributed by atoms with Gasteiger partial charge in [-0.05, 0) is 48.7 Å². The minimum absolute atomic E-state index is 0.0457. The second-order valence-corrected chi connectivity index (χ2v) is 7.24. The largest absolute Gasteiger partial charge is 0.369 e. The van der Waals surface area contributed by atoms with Gasteiger partial charge in [0.15, 0.2) is 0 Å². The van der Waals surface area contributed by atoms with Gasteiger partial charge in [-0.2, -0.15) is 0 Å². The number of hydrogen-bond acceptors (Lipinski definition) is 4. The molecule has 0 bridgehead atoms. The Balaban J connectivity index is 1.53. The van der Waals surface area contributed by atoms with E-state index in [9.17, 15) is 0 Å². The van der Waals surface area contributed by atoms with Gasteiger partial charge in [0.25, 0.3) is 0 Å². The third-order valence-corrected chi connectivity index (χ3v) is 5.08. The summed E-state index contributed by atoms with van der Waals surface area (Å²) in [7, 11) is 0. The van der Waals surface area contributed by atoms with Crippen LogP contribution < -0.4 is 16.0 Å². The quantitative estimate of drug-likeness (QED) is 0.633. The fourth-order valence-corrected chi connectivity index (χ4v) is 3.39. The first kappa shape index (κ1) is 19.5. The lowest BCUT2D eigenvalue weighted by Gasteiger charge is -2.25. The van der Waals surface area contributed by atoms with E-state index in [2.05, 4.69) is 38.7 Å². The molecule has 0 aliphatic carbocycles. The van der Waals surface area contributed by atoms with Crippen LogP contribution >= 0.6 is 23.2 Å². The maximum absolute atomic E-state index is 6.13. The summed E-state index contributed by atoms with van der Waals surface area (Å²) in [6, 6.07) is 1.90. The second kappa shape index (κ2) is 9.62. The molecule has 5 nitrogen and oxygen atoms in total. The Morgan fingerprint density at radius 2 is 2.19 bits per heavy atom. The third kappa shape index (κ3) is 5.62. The number of aliphatic imine (C=N–C) groups is 1. The Kier molecular flexibility index (Phi) is 6.96. The summed E-state index contributed by atoms with van der Waals surface area (Å²) < 4.78 is 0. The molecular weight excluding hydrogens is 381 g/mol. The average molecular weight is 404 g/mol. The summed E-state index contributed by atoms with van der Waals surface area (Å²) in [5.41, 5.74) is 3.58. The van der Waals surface area contributed by atoms with Crippen LogP contribution in [-0.2, 0) is 6.54 Å². The highest BCUT2D eigenvalue weighted by molar-refractivity contribution is 6.31. The van der Waals surface area contributed by atoms with Crippen molar-refractivity contribution in [3.8, 4) is 0 Å². The van der Waals surface area contributed by atoms with Gasteiger partial charge in [-0.15, -0.1) is 0 Å². The molecule has 7 heteroatoms. The lowest BCUT2D eigenvalue weighted by atomic mass is 9.97. The number of nitrogens with one attached hydrogen (secondary N) is 3. The molecule has 0 saturated carbocycles. The minimum atomic E-state index is 0.0457. The van der Waals surface area contributed by atoms with Crippen molar-refractivity contribution in [3.63, 3.8) is 0 Å². The highest BCUT2D eigenvalue weighted by atomic mass is 35.5. The number of hydrogen-bond donors (Lipinski definition) is 3. The van der Waals surface area contributed by atoms with Gasteiger partial charge < -0.3 is 16.0 Å². The normalized spacial score (nSPS) is 20.7. The van der Waals surface area contributed by atoms with Crippen LogP contribution in [0.2, 0.25) is 5.02 Å². The Bertz CT molecular complexity index is 810. The molecule has 0 radical (unpaired) electrons. The monoisotopic (exact) mass is 403 g/mol. The van der Waals surface area contributed by atoms with Gasteiger partial charge in [0.1, 0.15) is 12.0 Å². The van der Waals surface area contributed by atoms with E-state index in [-0.39, 0.29) is 6.17 Å². The summed E-state index contributed by atoms with van der Waals surface area (Å²) in [5.74, 6) is 0.988. The molecule has 1 atom stereocenters. The van der Waals surface area contributed by atoms with E-state index in [1.807, 2.05) is 12.1 Å². The number of pyridine rings is 1. The van der Waals surface area contributed by atoms with Crippen LogP contribution in [0.1, 0.15) is 31.2 Å². The molecule has 3 rings (SSSR count). The maximum atomic E-state index is 6.13. The van der Waals surface area contributed by atoms with Gasteiger partial charge in [0, 0.05) is 31.2 Å². The van der Waals surface area contributed by atoms with Crippen LogP contribution in [0.4, 0.5) is 0 Å². The van der Waals surface area contributed by atoms with Gasteiger partial charge in [-0.1, -0.05) is 35.4 Å². The zero-order valence-electron chi connectivity index (χ0n) is 15.0. The molecule has 27 heavy (non-hydrogen) atoms. The molecule has 0 aromatic carbocycles. The molecule has 3 N–H and O–H groups in total. The summed E-state index contributed by atoms with van der Waals surface area (Å²) in [6.07, 6.45) is 14.8. The van der Waals surface area contributed by atoms with E-state index >= 15 is 0 Å². The van der Waals surface area contributed by atoms with Crippen molar-refractivity contribution in [1.29, 1.82) is 0 Å². The van der Waals surface area contributed by atoms with Crippen LogP contribution in [0.5, 0.6) is 0 Å². The van der Waals surface area contributed by atoms with Crippen LogP contribution in [-0.4, -0.2) is 17.0 Å². The first-order valence-electron chi connectivity index (χ1n) is 8.91. The second-order valence-electron chi connectivity index (χ2n) is 6.40. The molecule has 2 aliphatic heterocycles. The summed E-state index contributed by atoms with van der Waals surface area (Å²) in [5, 5.41) is 11.1. The number of dihydropyridines is 1. The Morgan fingerprint density at radius 1 is 1.30 bits per heavy atom. The van der Waals surface area contributed by atoms with E-state index in [1.165, 1.54) is 11.1 Å². The Morgan fingerprint density at radius 3 is 2.93 bits per heavy atom. The zero-order valence-corrected chi connectivity index (χ0v) is 16.5. The highest BCUT2D eigenvalue weighted by Crippen LogP contribution is 2.24. The van der Waals surface area contributed by atoms with Crippen molar-refractivity contribution < 1.29 is 0 Å². The number of nitrogens with zero attached hydrogens (tertiary/aromatic N) is 2. The van der Waals surface area contributed by atoms with Gasteiger partial charge in [-0.3, -0.25) is 9.98 Å². The minimum Gasteiger partial charge on any atom is -0.369 e. The molecule has 3 heterocycles. The van der Waals surface area contributed by atoms with Crippen LogP contribution in [0.15, 0.2) is 70.9 Å². The smallest absolute Gasteiger partial charge is 0.118 e. The van der Waals surface area contributed by atoms with E-state index in [0.717, 1.165) is 37.1 Å². The molecule has 0 saturated heterocycles. The highest BCUT2D eigenvalue weighted by Gasteiger charge is 2.17. The van der Waals surface area contributed by atoms with Gasteiger partial charge in [0.05, 0.1) is 16.6 Å². The molecular formula is C20H23Cl2N5. The molecule has 2 aliphatic rings. The Labute approximate surface area is 170 Å². The van der Waals surface area contributed by atoms with Crippen molar-refractivity contribution in [2.45, 2.75) is 38.4 Å². The lowest BCUT2D eigenvalue weighted by Crippen LogP contribution is -2.39. The number of amidine groups is 1. The van der Waals surface area contributed by atoms with Crippen LogP contribution in [0, 0.1) is 0 Å². The SMILES string of the molecule is C=CN[C@H]1NC=C(Cl)C=C1CCC1=CNC(=NCc2ccncc2Cl)CC1. The van der Waals surface area contributed by atoms with Crippen molar-refractivity contribution in [1.82, 2.24) is 20.9 Å². The van der Waals surface area contributed by atoms with Gasteiger partial charge >= 0.3 is 0 Å². The first-order chi connectivity index (χ1) is 13.2. The predicted molar refractivity (Wildman–Crippen MR) is 112 cm³/mol. The Hall–Kier alpha value is -2.24. The van der Waals surface area contributed by atoms with Gasteiger partial charge in [0.2, 0.25) is 0 Å². The van der Waals surface area contributed by atoms with Gasteiger partial charge in [-0.25, -0.2) is 0 Å². The zero-order chi connectivity index (χ0) is 19.1. The van der Waals surface area contributed by atoms with Crippen LogP contribution in [0.3, 0.4) is 0 Å². The van der Waals surface area contributed by atoms with E-state index < -0.39 is 0 Å². The molecule has 142 valence electrons. The number of allylic oxidation sites excluding steroid dienone is 3. The summed E-state index contributed by atoms with van der Waals surface area (Å²) in [6.45, 7) is 4.29. The van der Waals surface area contributed by atoms with E-state index in [4.69, 9.17) is 23.2 Å². The third-order valence-electron chi connectivity index (χ3n) is 4.52. The molecule has 0 fully saturated rings. The summed E-state index contributed by atoms with van der Waals surface area (Å²) >= 11 is 12.3. The summed E-state index contributed by atoms with van der Waals surface area (Å²) in [4.78, 5) is 8.62. The van der Waals surface area contributed by atoms with Crippen LogP contribution in [0.25, 0.3) is 0 Å². The predicted octanol–water partition coefficient (Wildman–Crippen LogP) is 4.35. The molecule has 1 aromatic heterocycles. The first-order valence-corrected chi connectivity index (χ1v) is 9.66. The molecule has 0 amide bonds. The molecule has 0 spiro atoms. The topological polar surface area (TPSA) is 61.3 Å². The standard InChI is InChI=1S/C20H23Cl2N5/c1-2-24-20-15(9-17(21)12-27-20)5-3-14-4-6-19(25-10-14)26-11-16-7-8-23-13-18(16)22/h2,7-10,12-13,20,24,27H,1,3-6,11H2,(H,25,26)/t20-/m0/s1.